The van der Waals surface area contributed by atoms with E-state index in [2.05, 4.69) is 48.0 Å². The highest BCUT2D eigenvalue weighted by atomic mass is 16.5. The first-order valence-electron chi connectivity index (χ1n) is 10.7. The average molecular weight is 391 g/mol. The van der Waals surface area contributed by atoms with Crippen molar-refractivity contribution in [3.05, 3.63) is 29.8 Å². The Kier molecular flexibility index (Phi) is 10.1. The van der Waals surface area contributed by atoms with Gasteiger partial charge in [0.2, 0.25) is 0 Å². The number of nitrogens with zero attached hydrogens (tertiary/aromatic N) is 3. The number of rotatable bonds is 11. The molecule has 1 heterocycles. The van der Waals surface area contributed by atoms with Crippen molar-refractivity contribution in [2.24, 2.45) is 10.9 Å². The van der Waals surface area contributed by atoms with E-state index in [4.69, 9.17) is 14.5 Å². The van der Waals surface area contributed by atoms with E-state index in [-0.39, 0.29) is 0 Å². The number of aliphatic imine (C=N–C) groups is 1. The molecule has 0 aliphatic carbocycles. The Labute approximate surface area is 170 Å². The molecular weight excluding hydrogens is 352 g/mol. The molecule has 1 atom stereocenters. The van der Waals surface area contributed by atoms with Crippen molar-refractivity contribution in [2.45, 2.75) is 33.7 Å². The molecule has 6 heteroatoms. The molecule has 0 aromatic heterocycles. The molecule has 2 rings (SSSR count). The van der Waals surface area contributed by atoms with Crippen molar-refractivity contribution in [2.75, 3.05) is 59.6 Å². The third-order valence-electron chi connectivity index (χ3n) is 5.25. The molecule has 1 saturated heterocycles. The van der Waals surface area contributed by atoms with E-state index in [0.29, 0.717) is 19.1 Å². The summed E-state index contributed by atoms with van der Waals surface area (Å²) < 4.78 is 11.4. The molecule has 0 amide bonds. The summed E-state index contributed by atoms with van der Waals surface area (Å²) in [5.74, 6) is 2.51. The maximum absolute atomic E-state index is 6.08. The third kappa shape index (κ3) is 6.99. The first-order chi connectivity index (χ1) is 13.7. The van der Waals surface area contributed by atoms with E-state index >= 15 is 0 Å². The van der Waals surface area contributed by atoms with Gasteiger partial charge in [-0.05, 0) is 32.5 Å². The molecule has 0 radical (unpaired) electrons. The molecule has 1 N–H and O–H groups in total. The van der Waals surface area contributed by atoms with Gasteiger partial charge in [-0.25, -0.2) is 4.99 Å². The van der Waals surface area contributed by atoms with Crippen LogP contribution in [-0.4, -0.2) is 75.4 Å². The van der Waals surface area contributed by atoms with Crippen molar-refractivity contribution in [3.63, 3.8) is 0 Å². The number of para-hydroxylation sites is 1. The van der Waals surface area contributed by atoms with Gasteiger partial charge >= 0.3 is 0 Å². The van der Waals surface area contributed by atoms with Gasteiger partial charge in [-0.2, -0.15) is 0 Å². The minimum absolute atomic E-state index is 0.588. The van der Waals surface area contributed by atoms with Crippen LogP contribution in [0, 0.1) is 5.92 Å². The van der Waals surface area contributed by atoms with Crippen molar-refractivity contribution in [1.82, 2.24) is 15.1 Å². The van der Waals surface area contributed by atoms with Crippen LogP contribution < -0.4 is 10.1 Å². The van der Waals surface area contributed by atoms with Gasteiger partial charge in [0.15, 0.2) is 5.96 Å². The van der Waals surface area contributed by atoms with Crippen molar-refractivity contribution in [3.8, 4) is 5.75 Å². The van der Waals surface area contributed by atoms with Gasteiger partial charge in [0.05, 0.1) is 13.2 Å². The van der Waals surface area contributed by atoms with Crippen LogP contribution in [0.15, 0.2) is 29.3 Å². The zero-order chi connectivity index (χ0) is 20.2. The minimum atomic E-state index is 0.588. The molecular formula is C22H38N4O2. The lowest BCUT2D eigenvalue weighted by atomic mass is 10.1. The Morgan fingerprint density at radius 1 is 1.25 bits per heavy atom. The van der Waals surface area contributed by atoms with Gasteiger partial charge in [-0.15, -0.1) is 0 Å². The molecule has 0 bridgehead atoms. The summed E-state index contributed by atoms with van der Waals surface area (Å²) in [5, 5.41) is 3.44. The molecule has 6 nitrogen and oxygen atoms in total. The fourth-order valence-corrected chi connectivity index (χ4v) is 3.58. The normalized spacial score (nSPS) is 17.4. The number of hydrogen-bond donors (Lipinski definition) is 1. The number of likely N-dealkylation sites (N-methyl/N-ethyl adjacent to an activating group) is 1. The Bertz CT molecular complexity index is 590. The van der Waals surface area contributed by atoms with Crippen molar-refractivity contribution in [1.29, 1.82) is 0 Å². The second-order valence-electron chi connectivity index (χ2n) is 7.21. The largest absolute Gasteiger partial charge is 0.492 e. The molecule has 1 aromatic rings. The van der Waals surface area contributed by atoms with Gasteiger partial charge in [-0.1, -0.05) is 32.0 Å². The van der Waals surface area contributed by atoms with E-state index in [9.17, 15) is 0 Å². The Morgan fingerprint density at radius 2 is 2.04 bits per heavy atom. The van der Waals surface area contributed by atoms with Crippen LogP contribution in [0.5, 0.6) is 5.75 Å². The van der Waals surface area contributed by atoms with Crippen LogP contribution in [0.1, 0.15) is 32.8 Å². The van der Waals surface area contributed by atoms with Crippen molar-refractivity contribution >= 4 is 5.96 Å². The molecule has 1 aromatic carbocycles. The van der Waals surface area contributed by atoms with E-state index < -0.39 is 0 Å². The van der Waals surface area contributed by atoms with Crippen LogP contribution in [-0.2, 0) is 11.3 Å². The highest BCUT2D eigenvalue weighted by Gasteiger charge is 2.24. The van der Waals surface area contributed by atoms with E-state index in [1.165, 1.54) is 0 Å². The lowest BCUT2D eigenvalue weighted by Crippen LogP contribution is -2.40. The Balaban J connectivity index is 1.98. The second kappa shape index (κ2) is 12.6. The second-order valence-corrected chi connectivity index (χ2v) is 7.21. The summed E-state index contributed by atoms with van der Waals surface area (Å²) >= 11 is 0. The monoisotopic (exact) mass is 390 g/mol. The number of benzene rings is 1. The lowest BCUT2D eigenvalue weighted by Gasteiger charge is -2.22. The summed E-state index contributed by atoms with van der Waals surface area (Å²) in [7, 11) is 1.78. The number of ether oxygens (including phenoxy) is 2. The van der Waals surface area contributed by atoms with E-state index in [0.717, 1.165) is 69.6 Å². The molecule has 1 aliphatic heterocycles. The summed E-state index contributed by atoms with van der Waals surface area (Å²) in [6, 6.07) is 8.24. The molecule has 1 fully saturated rings. The Hall–Kier alpha value is -1.79. The first-order valence-corrected chi connectivity index (χ1v) is 10.7. The number of guanidine groups is 1. The highest BCUT2D eigenvalue weighted by molar-refractivity contribution is 5.80. The molecule has 28 heavy (non-hydrogen) atoms. The van der Waals surface area contributed by atoms with Crippen LogP contribution in [0.3, 0.4) is 0 Å². The predicted octanol–water partition coefficient (Wildman–Crippen LogP) is 2.84. The van der Waals surface area contributed by atoms with E-state index in [1.54, 1.807) is 7.11 Å². The summed E-state index contributed by atoms with van der Waals surface area (Å²) in [5.41, 5.74) is 1.13. The predicted molar refractivity (Wildman–Crippen MR) is 116 cm³/mol. The molecule has 1 unspecified atom stereocenters. The maximum Gasteiger partial charge on any atom is 0.194 e. The SMILES string of the molecule is CCNC(=NCc1ccccc1OCCN(CC)CC)N1CCC(COC)C1. The molecule has 1 aliphatic rings. The average Bonchev–Trinajstić information content (AvgIpc) is 3.18. The first kappa shape index (κ1) is 22.5. The van der Waals surface area contributed by atoms with Crippen LogP contribution in [0.2, 0.25) is 0 Å². The number of hydrogen-bond acceptors (Lipinski definition) is 4. The standard InChI is InChI=1S/C22H38N4O2/c1-5-23-22(26-13-12-19(17-26)18-27-4)24-16-20-10-8-9-11-21(20)28-15-14-25(6-2)7-3/h8-11,19H,5-7,12-18H2,1-4H3,(H,23,24). The lowest BCUT2D eigenvalue weighted by molar-refractivity contribution is 0.157. The van der Waals surface area contributed by atoms with Gasteiger partial charge in [0.1, 0.15) is 12.4 Å². The smallest absolute Gasteiger partial charge is 0.194 e. The van der Waals surface area contributed by atoms with Crippen LogP contribution in [0.4, 0.5) is 0 Å². The fraction of sp³-hybridized carbons (Fsp3) is 0.682. The van der Waals surface area contributed by atoms with E-state index in [1.807, 2.05) is 12.1 Å². The molecule has 0 saturated carbocycles. The fourth-order valence-electron chi connectivity index (χ4n) is 3.58. The minimum Gasteiger partial charge on any atom is -0.492 e. The van der Waals surface area contributed by atoms with Crippen molar-refractivity contribution < 1.29 is 9.47 Å². The third-order valence-corrected chi connectivity index (χ3v) is 5.25. The van der Waals surface area contributed by atoms with Crippen LogP contribution in [0.25, 0.3) is 0 Å². The van der Waals surface area contributed by atoms with Gasteiger partial charge in [0, 0.05) is 44.8 Å². The summed E-state index contributed by atoms with van der Waals surface area (Å²) in [6.07, 6.45) is 1.16. The number of likely N-dealkylation sites (tertiary alicyclic amines) is 1. The quantitative estimate of drug-likeness (QED) is 0.465. The summed E-state index contributed by atoms with van der Waals surface area (Å²) in [6.45, 7) is 14.6. The highest BCUT2D eigenvalue weighted by Crippen LogP contribution is 2.20. The summed E-state index contributed by atoms with van der Waals surface area (Å²) in [4.78, 5) is 9.61. The number of nitrogens with one attached hydrogen (secondary N) is 1. The van der Waals surface area contributed by atoms with Crippen LogP contribution >= 0.6 is 0 Å². The van der Waals surface area contributed by atoms with Gasteiger partial charge in [0.25, 0.3) is 0 Å². The maximum atomic E-state index is 6.08. The topological polar surface area (TPSA) is 49.3 Å². The Morgan fingerprint density at radius 3 is 2.75 bits per heavy atom. The van der Waals surface area contributed by atoms with Gasteiger partial charge < -0.3 is 24.6 Å². The number of methoxy groups -OCH3 is 1. The zero-order valence-corrected chi connectivity index (χ0v) is 18.1. The van der Waals surface area contributed by atoms with Gasteiger partial charge in [-0.3, -0.25) is 0 Å². The molecule has 0 spiro atoms. The zero-order valence-electron chi connectivity index (χ0n) is 18.1. The molecule has 158 valence electrons.